The number of rotatable bonds is 7. The van der Waals surface area contributed by atoms with Gasteiger partial charge in [0.05, 0.1) is 12.8 Å². The average Bonchev–Trinajstić information content (AvgIpc) is 2.83. The van der Waals surface area contributed by atoms with Gasteiger partial charge >= 0.3 is 0 Å². The molecular formula is C14H21N5S. The number of aromatic nitrogens is 4. The summed E-state index contributed by atoms with van der Waals surface area (Å²) in [4.78, 5) is 2.71. The van der Waals surface area contributed by atoms with Gasteiger partial charge < -0.3 is 5.32 Å². The number of tetrazole rings is 1. The molecule has 0 aliphatic heterocycles. The summed E-state index contributed by atoms with van der Waals surface area (Å²) in [6.07, 6.45) is 0. The van der Waals surface area contributed by atoms with Crippen molar-refractivity contribution in [3.63, 3.8) is 0 Å². The van der Waals surface area contributed by atoms with Crippen molar-refractivity contribution >= 4 is 11.8 Å². The topological polar surface area (TPSA) is 55.6 Å². The highest BCUT2D eigenvalue weighted by atomic mass is 32.2. The quantitative estimate of drug-likeness (QED) is 0.793. The van der Waals surface area contributed by atoms with E-state index in [4.69, 9.17) is 0 Å². The molecule has 1 aromatic carbocycles. The van der Waals surface area contributed by atoms with Gasteiger partial charge in [-0.2, -0.15) is 4.80 Å². The summed E-state index contributed by atoms with van der Waals surface area (Å²) >= 11 is 1.73. The summed E-state index contributed by atoms with van der Waals surface area (Å²) in [5.41, 5.74) is 1.31. The lowest BCUT2D eigenvalue weighted by Crippen LogP contribution is -2.18. The third-order valence-corrected chi connectivity index (χ3v) is 3.73. The molecule has 108 valence electrons. The molecule has 5 nitrogen and oxygen atoms in total. The third kappa shape index (κ3) is 4.94. The normalized spacial score (nSPS) is 11.2. The molecule has 2 rings (SSSR count). The second-order valence-corrected chi connectivity index (χ2v) is 6.20. The number of nitrogens with one attached hydrogen (secondary N) is 1. The summed E-state index contributed by atoms with van der Waals surface area (Å²) in [7, 11) is 1.78. The Morgan fingerprint density at radius 2 is 2.00 bits per heavy atom. The van der Waals surface area contributed by atoms with E-state index in [0.29, 0.717) is 5.92 Å². The monoisotopic (exact) mass is 291 g/mol. The third-order valence-electron chi connectivity index (χ3n) is 2.72. The Morgan fingerprint density at radius 1 is 1.25 bits per heavy atom. The first-order chi connectivity index (χ1) is 9.63. The van der Waals surface area contributed by atoms with Gasteiger partial charge in [0.2, 0.25) is 0 Å². The minimum atomic E-state index is 0.685. The van der Waals surface area contributed by atoms with E-state index in [0.717, 1.165) is 24.7 Å². The van der Waals surface area contributed by atoms with Crippen LogP contribution in [0.5, 0.6) is 0 Å². The summed E-state index contributed by atoms with van der Waals surface area (Å²) < 4.78 is 0. The first-order valence-corrected chi connectivity index (χ1v) is 7.77. The predicted molar refractivity (Wildman–Crippen MR) is 81.3 cm³/mol. The molecule has 0 saturated heterocycles. The maximum absolute atomic E-state index is 4.16. The molecule has 0 aliphatic rings. The summed E-state index contributed by atoms with van der Waals surface area (Å²) in [5, 5.41) is 15.4. The molecule has 0 radical (unpaired) electrons. The van der Waals surface area contributed by atoms with Crippen molar-refractivity contribution in [3.05, 3.63) is 35.7 Å². The van der Waals surface area contributed by atoms with Crippen molar-refractivity contribution in [1.82, 2.24) is 25.5 Å². The molecule has 0 bridgehead atoms. The number of benzene rings is 1. The molecule has 0 atom stereocenters. The Morgan fingerprint density at radius 3 is 2.60 bits per heavy atom. The maximum Gasteiger partial charge on any atom is 0.184 e. The standard InChI is InChI=1S/C14H21N5S/c1-11(2)8-15-9-12-4-6-13(7-5-12)20-10-14-16-18-19(3)17-14/h4-7,11,15H,8-10H2,1-3H3. The molecule has 6 heteroatoms. The van der Waals surface area contributed by atoms with E-state index in [1.807, 2.05) is 0 Å². The molecule has 1 aromatic heterocycles. The van der Waals surface area contributed by atoms with E-state index < -0.39 is 0 Å². The van der Waals surface area contributed by atoms with Crippen LogP contribution in [-0.4, -0.2) is 26.8 Å². The van der Waals surface area contributed by atoms with Crippen molar-refractivity contribution in [2.24, 2.45) is 13.0 Å². The molecular weight excluding hydrogens is 270 g/mol. The van der Waals surface area contributed by atoms with Crippen molar-refractivity contribution in [2.45, 2.75) is 31.0 Å². The zero-order valence-corrected chi connectivity index (χ0v) is 13.0. The van der Waals surface area contributed by atoms with Crippen LogP contribution in [0.15, 0.2) is 29.2 Å². The molecule has 1 N–H and O–H groups in total. The highest BCUT2D eigenvalue weighted by Crippen LogP contribution is 2.21. The molecule has 0 unspecified atom stereocenters. The van der Waals surface area contributed by atoms with Crippen LogP contribution in [0.4, 0.5) is 0 Å². The van der Waals surface area contributed by atoms with Gasteiger partial charge in [-0.25, -0.2) is 0 Å². The number of hydrogen-bond donors (Lipinski definition) is 1. The van der Waals surface area contributed by atoms with Gasteiger partial charge in [-0.05, 0) is 35.4 Å². The van der Waals surface area contributed by atoms with Crippen molar-refractivity contribution in [1.29, 1.82) is 0 Å². The van der Waals surface area contributed by atoms with Crippen LogP contribution < -0.4 is 5.32 Å². The predicted octanol–water partition coefficient (Wildman–Crippen LogP) is 2.25. The molecule has 1 heterocycles. The summed E-state index contributed by atoms with van der Waals surface area (Å²) in [5.74, 6) is 2.20. The molecule has 20 heavy (non-hydrogen) atoms. The maximum atomic E-state index is 4.16. The smallest absolute Gasteiger partial charge is 0.184 e. The molecule has 0 aliphatic carbocycles. The van der Waals surface area contributed by atoms with Crippen LogP contribution in [0.25, 0.3) is 0 Å². The lowest BCUT2D eigenvalue weighted by molar-refractivity contribution is 0.552. The van der Waals surface area contributed by atoms with E-state index in [1.54, 1.807) is 18.8 Å². The van der Waals surface area contributed by atoms with Crippen LogP contribution >= 0.6 is 11.8 Å². The van der Waals surface area contributed by atoms with Crippen molar-refractivity contribution in [3.8, 4) is 0 Å². The Labute approximate surface area is 124 Å². The summed E-state index contributed by atoms with van der Waals surface area (Å²) in [6.45, 7) is 6.41. The summed E-state index contributed by atoms with van der Waals surface area (Å²) in [6, 6.07) is 8.63. The van der Waals surface area contributed by atoms with E-state index in [9.17, 15) is 0 Å². The second kappa shape index (κ2) is 7.40. The van der Waals surface area contributed by atoms with E-state index >= 15 is 0 Å². The van der Waals surface area contributed by atoms with Gasteiger partial charge in [-0.15, -0.1) is 22.0 Å². The Hall–Kier alpha value is -1.40. The number of nitrogens with zero attached hydrogens (tertiary/aromatic N) is 4. The minimum Gasteiger partial charge on any atom is -0.312 e. The first-order valence-electron chi connectivity index (χ1n) is 6.79. The van der Waals surface area contributed by atoms with Gasteiger partial charge in [0.25, 0.3) is 0 Å². The molecule has 2 aromatic rings. The second-order valence-electron chi connectivity index (χ2n) is 5.15. The Kier molecular flexibility index (Phi) is 5.55. The highest BCUT2D eigenvalue weighted by Gasteiger charge is 2.02. The van der Waals surface area contributed by atoms with Gasteiger partial charge in [0.15, 0.2) is 5.82 Å². The zero-order chi connectivity index (χ0) is 14.4. The average molecular weight is 291 g/mol. The molecule has 0 amide bonds. The lowest BCUT2D eigenvalue weighted by atomic mass is 10.2. The fraction of sp³-hybridized carbons (Fsp3) is 0.500. The van der Waals surface area contributed by atoms with Crippen LogP contribution in [0.1, 0.15) is 25.2 Å². The SMILES string of the molecule is CC(C)CNCc1ccc(SCc2nnn(C)n2)cc1. The Balaban J connectivity index is 1.79. The molecule has 0 saturated carbocycles. The highest BCUT2D eigenvalue weighted by molar-refractivity contribution is 7.98. The van der Waals surface area contributed by atoms with E-state index in [1.165, 1.54) is 15.3 Å². The lowest BCUT2D eigenvalue weighted by Gasteiger charge is -2.07. The van der Waals surface area contributed by atoms with Crippen molar-refractivity contribution < 1.29 is 0 Å². The number of thioether (sulfide) groups is 1. The van der Waals surface area contributed by atoms with Crippen LogP contribution in [0, 0.1) is 5.92 Å². The number of hydrogen-bond acceptors (Lipinski definition) is 5. The first kappa shape index (κ1) is 15.0. The number of aryl methyl sites for hydroxylation is 1. The van der Waals surface area contributed by atoms with Crippen LogP contribution in [0.3, 0.4) is 0 Å². The molecule has 0 spiro atoms. The van der Waals surface area contributed by atoms with E-state index in [-0.39, 0.29) is 0 Å². The Bertz CT molecular complexity index is 521. The van der Waals surface area contributed by atoms with Gasteiger partial charge in [-0.3, -0.25) is 0 Å². The van der Waals surface area contributed by atoms with Gasteiger partial charge in [0.1, 0.15) is 0 Å². The van der Waals surface area contributed by atoms with Crippen LogP contribution in [-0.2, 0) is 19.3 Å². The van der Waals surface area contributed by atoms with Crippen molar-refractivity contribution in [2.75, 3.05) is 6.54 Å². The minimum absolute atomic E-state index is 0.685. The van der Waals surface area contributed by atoms with E-state index in [2.05, 4.69) is 58.8 Å². The fourth-order valence-corrected chi connectivity index (χ4v) is 2.48. The zero-order valence-electron chi connectivity index (χ0n) is 12.2. The largest absolute Gasteiger partial charge is 0.312 e. The fourth-order valence-electron chi connectivity index (χ4n) is 1.74. The van der Waals surface area contributed by atoms with Gasteiger partial charge in [0, 0.05) is 11.4 Å². The molecule has 0 fully saturated rings. The van der Waals surface area contributed by atoms with Crippen LogP contribution in [0.2, 0.25) is 0 Å². The van der Waals surface area contributed by atoms with Gasteiger partial charge in [-0.1, -0.05) is 26.0 Å².